The maximum atomic E-state index is 12.8. The number of carbonyl (C=O) groups is 3. The van der Waals surface area contributed by atoms with Gasteiger partial charge in [0.2, 0.25) is 0 Å². The molecule has 29 heavy (non-hydrogen) atoms. The van der Waals surface area contributed by atoms with Crippen LogP contribution in [0.1, 0.15) is 25.5 Å². The third kappa shape index (κ3) is 4.10. The van der Waals surface area contributed by atoms with Crippen molar-refractivity contribution in [3.8, 4) is 0 Å². The Morgan fingerprint density at radius 3 is 2.10 bits per heavy atom. The Balaban J connectivity index is 2.07. The highest BCUT2D eigenvalue weighted by atomic mass is 16.5. The van der Waals surface area contributed by atoms with Crippen LogP contribution < -0.4 is 5.32 Å². The zero-order chi connectivity index (χ0) is 21.0. The van der Waals surface area contributed by atoms with Gasteiger partial charge in [-0.25, -0.2) is 0 Å². The van der Waals surface area contributed by atoms with Crippen molar-refractivity contribution in [3.05, 3.63) is 48.0 Å². The van der Waals surface area contributed by atoms with E-state index in [9.17, 15) is 14.4 Å². The minimum absolute atomic E-state index is 0.138. The zero-order valence-corrected chi connectivity index (χ0v) is 16.7. The Labute approximate surface area is 169 Å². The lowest BCUT2D eigenvalue weighted by Crippen LogP contribution is -2.42. The molecule has 3 rings (SSSR count). The Morgan fingerprint density at radius 1 is 0.862 bits per heavy atom. The normalized spacial score (nSPS) is 23.6. The van der Waals surface area contributed by atoms with Gasteiger partial charge in [-0.15, -0.1) is 0 Å². The number of methoxy groups -OCH3 is 1. The van der Waals surface area contributed by atoms with Crippen LogP contribution in [0.2, 0.25) is 0 Å². The summed E-state index contributed by atoms with van der Waals surface area (Å²) in [5.74, 6) is -3.77. The molecule has 1 fully saturated rings. The number of esters is 3. The number of hydrogen-bond acceptors (Lipinski definition) is 7. The van der Waals surface area contributed by atoms with E-state index in [0.29, 0.717) is 0 Å². The van der Waals surface area contributed by atoms with Crippen molar-refractivity contribution >= 4 is 28.7 Å². The monoisotopic (exact) mass is 399 g/mol. The second-order valence-electron chi connectivity index (χ2n) is 6.81. The summed E-state index contributed by atoms with van der Waals surface area (Å²) >= 11 is 0. The summed E-state index contributed by atoms with van der Waals surface area (Å²) in [6.45, 7) is 3.67. The van der Waals surface area contributed by atoms with E-state index in [0.717, 1.165) is 16.3 Å². The fourth-order valence-corrected chi connectivity index (χ4v) is 3.90. The van der Waals surface area contributed by atoms with Crippen molar-refractivity contribution in [1.29, 1.82) is 0 Å². The molecular formula is C22H25NO6. The Bertz CT molecular complexity index is 911. The van der Waals surface area contributed by atoms with Gasteiger partial charge in [0.25, 0.3) is 0 Å². The average molecular weight is 399 g/mol. The van der Waals surface area contributed by atoms with Crippen molar-refractivity contribution < 1.29 is 28.6 Å². The second-order valence-corrected chi connectivity index (χ2v) is 6.81. The van der Waals surface area contributed by atoms with Crippen LogP contribution >= 0.6 is 0 Å². The molecule has 0 radical (unpaired) electrons. The van der Waals surface area contributed by atoms with Crippen LogP contribution in [0, 0.1) is 11.8 Å². The van der Waals surface area contributed by atoms with Crippen LogP contribution in [-0.4, -0.2) is 44.3 Å². The van der Waals surface area contributed by atoms with Crippen LogP contribution in [0.5, 0.6) is 0 Å². The molecule has 0 amide bonds. The van der Waals surface area contributed by atoms with E-state index in [1.807, 2.05) is 42.5 Å². The molecule has 0 unspecified atom stereocenters. The first-order valence-electron chi connectivity index (χ1n) is 9.67. The first-order chi connectivity index (χ1) is 14.0. The number of benzene rings is 2. The first kappa shape index (κ1) is 20.8. The largest absolute Gasteiger partial charge is 0.468 e. The number of ether oxygens (including phenoxy) is 3. The molecular weight excluding hydrogens is 374 g/mol. The fourth-order valence-electron chi connectivity index (χ4n) is 3.90. The summed E-state index contributed by atoms with van der Waals surface area (Å²) in [7, 11) is 1.24. The molecule has 1 saturated heterocycles. The van der Waals surface area contributed by atoms with E-state index in [-0.39, 0.29) is 13.2 Å². The predicted octanol–water partition coefficient (Wildman–Crippen LogP) is 2.38. The van der Waals surface area contributed by atoms with Crippen molar-refractivity contribution in [1.82, 2.24) is 5.32 Å². The van der Waals surface area contributed by atoms with Crippen LogP contribution in [0.4, 0.5) is 0 Å². The number of hydrogen-bond donors (Lipinski definition) is 1. The van der Waals surface area contributed by atoms with Gasteiger partial charge in [-0.3, -0.25) is 19.7 Å². The summed E-state index contributed by atoms with van der Waals surface area (Å²) in [6.07, 6.45) is 0. The quantitative estimate of drug-likeness (QED) is 0.589. The lowest BCUT2D eigenvalue weighted by atomic mass is 9.84. The molecule has 1 heterocycles. The van der Waals surface area contributed by atoms with E-state index >= 15 is 0 Å². The first-order valence-corrected chi connectivity index (χ1v) is 9.67. The Hall–Kier alpha value is -2.93. The molecule has 0 spiro atoms. The minimum atomic E-state index is -1.04. The summed E-state index contributed by atoms with van der Waals surface area (Å²) in [6, 6.07) is 12.0. The van der Waals surface area contributed by atoms with E-state index < -0.39 is 41.8 Å². The number of rotatable bonds is 6. The molecule has 7 nitrogen and oxygen atoms in total. The number of carbonyl (C=O) groups excluding carboxylic acids is 3. The lowest BCUT2D eigenvalue weighted by molar-refractivity contribution is -0.162. The molecule has 154 valence electrons. The van der Waals surface area contributed by atoms with Gasteiger partial charge < -0.3 is 14.2 Å². The summed E-state index contributed by atoms with van der Waals surface area (Å²) < 4.78 is 15.3. The smallest absolute Gasteiger partial charge is 0.323 e. The van der Waals surface area contributed by atoms with E-state index in [1.165, 1.54) is 7.11 Å². The highest BCUT2D eigenvalue weighted by molar-refractivity contribution is 5.91. The maximum absolute atomic E-state index is 12.8. The van der Waals surface area contributed by atoms with Crippen LogP contribution in [0.3, 0.4) is 0 Å². The van der Waals surface area contributed by atoms with Gasteiger partial charge in [0.1, 0.15) is 6.04 Å². The second kappa shape index (κ2) is 9.05. The number of fused-ring (bicyclic) bond motifs is 1. The molecule has 2 aromatic carbocycles. The molecule has 7 heteroatoms. The molecule has 2 aromatic rings. The molecule has 0 saturated carbocycles. The van der Waals surface area contributed by atoms with E-state index in [1.54, 1.807) is 13.8 Å². The van der Waals surface area contributed by atoms with Crippen molar-refractivity contribution in [2.45, 2.75) is 25.9 Å². The molecule has 1 N–H and O–H groups in total. The lowest BCUT2D eigenvalue weighted by Gasteiger charge is -2.22. The third-order valence-corrected chi connectivity index (χ3v) is 5.17. The van der Waals surface area contributed by atoms with Crippen molar-refractivity contribution in [2.75, 3.05) is 20.3 Å². The van der Waals surface area contributed by atoms with Crippen LogP contribution in [-0.2, 0) is 28.6 Å². The molecule has 0 bridgehead atoms. The molecule has 1 aliphatic heterocycles. The van der Waals surface area contributed by atoms with Gasteiger partial charge in [-0.2, -0.15) is 0 Å². The zero-order valence-electron chi connectivity index (χ0n) is 16.7. The van der Waals surface area contributed by atoms with E-state index in [4.69, 9.17) is 14.2 Å². The van der Waals surface area contributed by atoms with Gasteiger partial charge in [0.15, 0.2) is 0 Å². The highest BCUT2D eigenvalue weighted by Gasteiger charge is 2.55. The highest BCUT2D eigenvalue weighted by Crippen LogP contribution is 2.40. The SMILES string of the molecule is CCOC(=O)[C@@H]1[C@H](C(=O)OCC)[C@H](C(=O)OC)N[C@@H]1c1ccc2ccccc2c1. The van der Waals surface area contributed by atoms with Gasteiger partial charge in [0, 0.05) is 6.04 Å². The van der Waals surface area contributed by atoms with Gasteiger partial charge in [-0.1, -0.05) is 36.4 Å². The van der Waals surface area contributed by atoms with Crippen molar-refractivity contribution in [2.24, 2.45) is 11.8 Å². The van der Waals surface area contributed by atoms with Gasteiger partial charge in [0.05, 0.1) is 32.2 Å². The Morgan fingerprint density at radius 2 is 1.48 bits per heavy atom. The summed E-state index contributed by atoms with van der Waals surface area (Å²) in [5, 5.41) is 5.16. The van der Waals surface area contributed by atoms with Gasteiger partial charge >= 0.3 is 17.9 Å². The third-order valence-electron chi connectivity index (χ3n) is 5.17. The maximum Gasteiger partial charge on any atom is 0.323 e. The van der Waals surface area contributed by atoms with Crippen molar-refractivity contribution in [3.63, 3.8) is 0 Å². The predicted molar refractivity (Wildman–Crippen MR) is 106 cm³/mol. The molecule has 0 aliphatic carbocycles. The van der Waals surface area contributed by atoms with Gasteiger partial charge in [-0.05, 0) is 36.2 Å². The summed E-state index contributed by atoms with van der Waals surface area (Å²) in [5.41, 5.74) is 0.780. The summed E-state index contributed by atoms with van der Waals surface area (Å²) in [4.78, 5) is 38.0. The molecule has 1 aliphatic rings. The van der Waals surface area contributed by atoms with E-state index in [2.05, 4.69) is 5.32 Å². The Kier molecular flexibility index (Phi) is 6.49. The average Bonchev–Trinajstić information content (AvgIpc) is 3.14. The minimum Gasteiger partial charge on any atom is -0.468 e. The molecule has 0 aromatic heterocycles. The standard InChI is InChI=1S/C22H25NO6/c1-4-28-20(24)16-17(21(25)29-5-2)19(22(26)27-3)23-18(16)15-11-10-13-8-6-7-9-14(13)12-15/h6-12,16-19,23H,4-5H2,1-3H3/t16-,17+,18-,19-/m1/s1. The topological polar surface area (TPSA) is 90.9 Å². The van der Waals surface area contributed by atoms with Crippen LogP contribution in [0.25, 0.3) is 10.8 Å². The fraction of sp³-hybridized carbons (Fsp3) is 0.409. The van der Waals surface area contributed by atoms with Crippen LogP contribution in [0.15, 0.2) is 42.5 Å². The number of nitrogens with one attached hydrogen (secondary N) is 1. The molecule has 4 atom stereocenters.